The second-order valence-corrected chi connectivity index (χ2v) is 15.9. The van der Waals surface area contributed by atoms with E-state index in [1.807, 2.05) is 36.4 Å². The highest BCUT2D eigenvalue weighted by atomic mass is 16.5. The molecule has 0 spiro atoms. The van der Waals surface area contributed by atoms with Crippen molar-refractivity contribution in [3.63, 3.8) is 0 Å². The van der Waals surface area contributed by atoms with E-state index < -0.39 is 0 Å². The molecule has 0 unspecified atom stereocenters. The normalized spacial score (nSPS) is 13.1. The molecular formula is C55H33BO3. The standard InChI is InChI=1S/C55H33BO3/c1-3-12-33(13-4-1)37-27-38(34-14-5-2-6-15-34)29-40(28-37)42-19-9-21-44-43-20-8-18-41(45(43)32-46(42)44)36-17-7-16-35(26-36)39-30-51-55-52(31-39)59-50-25-11-23-48-54(50)56(55)53-47(57-48)22-10-24-49(53)58-51/h1-31H,32H2. The van der Waals surface area contributed by atoms with E-state index in [1.165, 1.54) is 66.8 Å². The average molecular weight is 753 g/mol. The van der Waals surface area contributed by atoms with Gasteiger partial charge in [-0.15, -0.1) is 0 Å². The van der Waals surface area contributed by atoms with Crippen molar-refractivity contribution in [2.45, 2.75) is 6.42 Å². The number of ether oxygens (including phenoxy) is 3. The monoisotopic (exact) mass is 752 g/mol. The highest BCUT2D eigenvalue weighted by Crippen LogP contribution is 2.48. The van der Waals surface area contributed by atoms with Gasteiger partial charge >= 0.3 is 0 Å². The Morgan fingerprint density at radius 1 is 0.271 bits per heavy atom. The van der Waals surface area contributed by atoms with Crippen LogP contribution in [0, 0.1) is 0 Å². The van der Waals surface area contributed by atoms with Crippen molar-refractivity contribution in [3.8, 4) is 101 Å². The minimum absolute atomic E-state index is 0.00166. The molecule has 1 aliphatic carbocycles. The highest BCUT2D eigenvalue weighted by Gasteiger charge is 2.46. The van der Waals surface area contributed by atoms with Gasteiger partial charge in [0.05, 0.1) is 0 Å². The summed E-state index contributed by atoms with van der Waals surface area (Å²) in [7, 11) is 0. The molecule has 4 heteroatoms. The van der Waals surface area contributed by atoms with Gasteiger partial charge in [0, 0.05) is 16.4 Å². The molecule has 9 aromatic carbocycles. The van der Waals surface area contributed by atoms with E-state index in [0.29, 0.717) is 0 Å². The smallest absolute Gasteiger partial charge is 0.270 e. The van der Waals surface area contributed by atoms with Crippen molar-refractivity contribution in [3.05, 3.63) is 199 Å². The Kier molecular flexibility index (Phi) is 6.87. The van der Waals surface area contributed by atoms with Crippen LogP contribution in [0.3, 0.4) is 0 Å². The molecule has 0 amide bonds. The Morgan fingerprint density at radius 2 is 0.644 bits per heavy atom. The van der Waals surface area contributed by atoms with E-state index in [-0.39, 0.29) is 6.71 Å². The van der Waals surface area contributed by atoms with Gasteiger partial charge in [-0.2, -0.15) is 0 Å². The van der Waals surface area contributed by atoms with Crippen LogP contribution in [0.4, 0.5) is 0 Å². The lowest BCUT2D eigenvalue weighted by Crippen LogP contribution is -2.59. The van der Waals surface area contributed by atoms with E-state index in [2.05, 4.69) is 152 Å². The van der Waals surface area contributed by atoms with Crippen molar-refractivity contribution in [1.29, 1.82) is 0 Å². The average Bonchev–Trinajstić information content (AvgIpc) is 3.69. The molecule has 0 bridgehead atoms. The lowest BCUT2D eigenvalue weighted by molar-refractivity contribution is 0.443. The minimum Gasteiger partial charge on any atom is -0.458 e. The molecule has 0 saturated heterocycles. The first-order valence-corrected chi connectivity index (χ1v) is 20.3. The largest absolute Gasteiger partial charge is 0.458 e. The summed E-state index contributed by atoms with van der Waals surface area (Å²) in [4.78, 5) is 0. The third kappa shape index (κ3) is 4.96. The van der Waals surface area contributed by atoms with Crippen LogP contribution < -0.4 is 30.6 Å². The highest BCUT2D eigenvalue weighted by molar-refractivity contribution is 6.99. The first kappa shape index (κ1) is 32.5. The fraction of sp³-hybridized carbons (Fsp3) is 0.0182. The molecule has 3 aliphatic heterocycles. The first-order chi connectivity index (χ1) is 29.2. The molecule has 0 fully saturated rings. The zero-order chi connectivity index (χ0) is 38.6. The Hall–Kier alpha value is -7.56. The Bertz CT molecular complexity index is 3090. The maximum atomic E-state index is 6.68. The van der Waals surface area contributed by atoms with E-state index >= 15 is 0 Å². The van der Waals surface area contributed by atoms with Crippen molar-refractivity contribution >= 4 is 23.1 Å². The Balaban J connectivity index is 0.897. The molecule has 59 heavy (non-hydrogen) atoms. The molecule has 9 aromatic rings. The van der Waals surface area contributed by atoms with Crippen LogP contribution in [0.5, 0.6) is 34.5 Å². The second kappa shape index (κ2) is 12.5. The predicted octanol–water partition coefficient (Wildman–Crippen LogP) is 12.4. The van der Waals surface area contributed by atoms with Gasteiger partial charge in [-0.1, -0.05) is 127 Å². The number of hydrogen-bond acceptors (Lipinski definition) is 3. The van der Waals surface area contributed by atoms with Crippen molar-refractivity contribution in [2.24, 2.45) is 0 Å². The lowest BCUT2D eigenvalue weighted by atomic mass is 9.34. The number of rotatable bonds is 5. The van der Waals surface area contributed by atoms with E-state index in [0.717, 1.165) is 68.4 Å². The summed E-state index contributed by atoms with van der Waals surface area (Å²) in [5, 5.41) is 0. The Morgan fingerprint density at radius 3 is 1.20 bits per heavy atom. The minimum atomic E-state index is -0.00166. The van der Waals surface area contributed by atoms with Crippen molar-refractivity contribution in [2.75, 3.05) is 0 Å². The molecule has 0 atom stereocenters. The first-order valence-electron chi connectivity index (χ1n) is 20.3. The molecule has 0 saturated carbocycles. The fourth-order valence-electron chi connectivity index (χ4n) is 10.0. The molecule has 0 aromatic heterocycles. The second-order valence-electron chi connectivity index (χ2n) is 15.9. The summed E-state index contributed by atoms with van der Waals surface area (Å²) in [5.41, 5.74) is 20.5. The van der Waals surface area contributed by atoms with Crippen LogP contribution in [0.15, 0.2) is 188 Å². The maximum absolute atomic E-state index is 6.68. The van der Waals surface area contributed by atoms with E-state index in [1.54, 1.807) is 0 Å². The van der Waals surface area contributed by atoms with Crippen molar-refractivity contribution in [1.82, 2.24) is 0 Å². The van der Waals surface area contributed by atoms with Crippen LogP contribution in [0.25, 0.3) is 66.8 Å². The van der Waals surface area contributed by atoms with Gasteiger partial charge in [-0.3, -0.25) is 0 Å². The topological polar surface area (TPSA) is 27.7 Å². The molecule has 4 aliphatic rings. The maximum Gasteiger partial charge on any atom is 0.270 e. The third-order valence-corrected chi connectivity index (χ3v) is 12.6. The van der Waals surface area contributed by atoms with Crippen molar-refractivity contribution < 1.29 is 14.2 Å². The third-order valence-electron chi connectivity index (χ3n) is 12.6. The van der Waals surface area contributed by atoms with E-state index in [9.17, 15) is 0 Å². The van der Waals surface area contributed by atoms with Crippen LogP contribution in [0.1, 0.15) is 11.1 Å². The summed E-state index contributed by atoms with van der Waals surface area (Å²) in [6.07, 6.45) is 0.857. The molecule has 3 heterocycles. The summed E-state index contributed by atoms with van der Waals surface area (Å²) in [5.74, 6) is 5.01. The summed E-state index contributed by atoms with van der Waals surface area (Å²) in [6, 6.07) is 67.5. The lowest BCUT2D eigenvalue weighted by Gasteiger charge is -2.37. The van der Waals surface area contributed by atoms with Gasteiger partial charge in [0.2, 0.25) is 0 Å². The zero-order valence-corrected chi connectivity index (χ0v) is 31.9. The molecule has 3 nitrogen and oxygen atoms in total. The van der Waals surface area contributed by atoms with Crippen LogP contribution in [-0.2, 0) is 6.42 Å². The summed E-state index contributed by atoms with van der Waals surface area (Å²) >= 11 is 0. The van der Waals surface area contributed by atoms with Gasteiger partial charge in [0.25, 0.3) is 6.71 Å². The SMILES string of the molecule is c1ccc(-c2cc(-c3ccccc3)cc(-c3cccc4c3Cc3c(-c5cccc(-c6cc7c8c(c6)Oc6cccc9c6B8c6c(cccc6O7)O9)c5)cccc3-4)c2)cc1. The Labute approximate surface area is 342 Å². The van der Waals surface area contributed by atoms with Crippen LogP contribution in [-0.4, -0.2) is 6.71 Å². The summed E-state index contributed by atoms with van der Waals surface area (Å²) in [6.45, 7) is -0.00166. The number of hydrogen-bond donors (Lipinski definition) is 0. The molecule has 13 rings (SSSR count). The van der Waals surface area contributed by atoms with Gasteiger partial charge in [-0.25, -0.2) is 0 Å². The number of fused-ring (bicyclic) bond motifs is 3. The van der Waals surface area contributed by atoms with Crippen LogP contribution >= 0.6 is 0 Å². The van der Waals surface area contributed by atoms with E-state index in [4.69, 9.17) is 14.2 Å². The van der Waals surface area contributed by atoms with Crippen LogP contribution in [0.2, 0.25) is 0 Å². The predicted molar refractivity (Wildman–Crippen MR) is 240 cm³/mol. The number of benzene rings is 9. The summed E-state index contributed by atoms with van der Waals surface area (Å²) < 4.78 is 19.7. The quantitative estimate of drug-likeness (QED) is 0.164. The fourth-order valence-corrected chi connectivity index (χ4v) is 10.0. The molecular weight excluding hydrogens is 719 g/mol. The zero-order valence-electron chi connectivity index (χ0n) is 31.9. The molecule has 0 radical (unpaired) electrons. The van der Waals surface area contributed by atoms with Gasteiger partial charge in [0.15, 0.2) is 0 Å². The molecule has 274 valence electrons. The van der Waals surface area contributed by atoms with Gasteiger partial charge < -0.3 is 14.2 Å². The van der Waals surface area contributed by atoms with Gasteiger partial charge in [0.1, 0.15) is 34.5 Å². The molecule has 0 N–H and O–H groups in total. The van der Waals surface area contributed by atoms with Gasteiger partial charge in [-0.05, 0) is 145 Å².